The van der Waals surface area contributed by atoms with Gasteiger partial charge in [-0.25, -0.2) is 0 Å². The number of rotatable bonds is 9. The van der Waals surface area contributed by atoms with E-state index >= 15 is 0 Å². The summed E-state index contributed by atoms with van der Waals surface area (Å²) < 4.78 is 44.8. The van der Waals surface area contributed by atoms with E-state index in [1.165, 1.54) is 6.07 Å². The Hall–Kier alpha value is -3.26. The number of halogens is 5. The molecule has 0 aliphatic rings. The lowest BCUT2D eigenvalue weighted by Crippen LogP contribution is -2.31. The summed E-state index contributed by atoms with van der Waals surface area (Å²) >= 11 is 6.11. The van der Waals surface area contributed by atoms with Gasteiger partial charge >= 0.3 is 6.18 Å². The zero-order chi connectivity index (χ0) is 29.0. The lowest BCUT2D eigenvalue weighted by Gasteiger charge is -2.21. The molecule has 4 rings (SSSR count). The van der Waals surface area contributed by atoms with E-state index in [1.54, 1.807) is 65.2 Å². The van der Waals surface area contributed by atoms with E-state index in [1.807, 2.05) is 45.0 Å². The minimum atomic E-state index is -4.56. The highest BCUT2D eigenvalue weighted by molar-refractivity contribution is 6.30. The molecule has 0 saturated carbocycles. The van der Waals surface area contributed by atoms with E-state index in [-0.39, 0.29) is 29.9 Å². The molecule has 0 unspecified atom stereocenters. The quantitative estimate of drug-likeness (QED) is 0.208. The molecule has 9 heteroatoms. The summed E-state index contributed by atoms with van der Waals surface area (Å²) in [6, 6.07) is 21.9. The van der Waals surface area contributed by atoms with Crippen LogP contribution in [0.15, 0.2) is 78.9 Å². The van der Waals surface area contributed by atoms with Gasteiger partial charge in [-0.05, 0) is 91.7 Å². The lowest BCUT2D eigenvalue weighted by molar-refractivity contribution is -0.137. The second-order valence-corrected chi connectivity index (χ2v) is 11.0. The highest BCUT2D eigenvalue weighted by atomic mass is 35.5. The Morgan fingerprint density at radius 1 is 0.902 bits per heavy atom. The Morgan fingerprint density at radius 2 is 1.46 bits per heavy atom. The SMILES string of the molecule is CC(C)Cc1ccc(C(F)(F)F)c(-n2c(-c3ccc(Cl)cc3)ccc2-c2ccc(C(=O)NCCN(C)C)cc2)c1.Cl. The number of nitrogens with one attached hydrogen (secondary N) is 1. The Kier molecular flexibility index (Phi) is 10.7. The minimum Gasteiger partial charge on any atom is -0.351 e. The molecule has 218 valence electrons. The normalized spacial score (nSPS) is 11.6. The molecule has 0 aliphatic heterocycles. The van der Waals surface area contributed by atoms with Gasteiger partial charge in [0.1, 0.15) is 0 Å². The van der Waals surface area contributed by atoms with Crippen LogP contribution in [0.5, 0.6) is 0 Å². The van der Waals surface area contributed by atoms with E-state index in [2.05, 4.69) is 5.32 Å². The molecule has 1 N–H and O–H groups in total. The predicted octanol–water partition coefficient (Wildman–Crippen LogP) is 8.40. The predicted molar refractivity (Wildman–Crippen MR) is 163 cm³/mol. The van der Waals surface area contributed by atoms with Crippen LogP contribution in [0.4, 0.5) is 13.2 Å². The number of carbonyl (C=O) groups excluding carboxylic acids is 1. The molecule has 41 heavy (non-hydrogen) atoms. The smallest absolute Gasteiger partial charge is 0.351 e. The highest BCUT2D eigenvalue weighted by Crippen LogP contribution is 2.40. The van der Waals surface area contributed by atoms with E-state index in [0.717, 1.165) is 11.1 Å². The van der Waals surface area contributed by atoms with Crippen LogP contribution < -0.4 is 5.32 Å². The molecule has 0 aliphatic carbocycles. The lowest BCUT2D eigenvalue weighted by atomic mass is 9.99. The molecule has 1 amide bonds. The fraction of sp³-hybridized carbons (Fsp3) is 0.281. The van der Waals surface area contributed by atoms with Gasteiger partial charge in [0.25, 0.3) is 5.91 Å². The van der Waals surface area contributed by atoms with E-state index in [0.29, 0.717) is 47.0 Å². The fourth-order valence-corrected chi connectivity index (χ4v) is 4.78. The van der Waals surface area contributed by atoms with Crippen LogP contribution in [0, 0.1) is 5.92 Å². The maximum Gasteiger partial charge on any atom is 0.418 e. The Bertz CT molecular complexity index is 1460. The van der Waals surface area contributed by atoms with Crippen molar-refractivity contribution < 1.29 is 18.0 Å². The maximum absolute atomic E-state index is 14.4. The topological polar surface area (TPSA) is 37.3 Å². The van der Waals surface area contributed by atoms with Gasteiger partial charge in [0.15, 0.2) is 0 Å². The van der Waals surface area contributed by atoms with Gasteiger partial charge in [-0.1, -0.05) is 55.8 Å². The summed E-state index contributed by atoms with van der Waals surface area (Å²) in [5, 5.41) is 3.42. The molecule has 4 nitrogen and oxygen atoms in total. The Labute approximate surface area is 250 Å². The number of benzene rings is 3. The van der Waals surface area contributed by atoms with Crippen molar-refractivity contribution in [2.24, 2.45) is 5.92 Å². The molecule has 0 fully saturated rings. The van der Waals surface area contributed by atoms with Crippen LogP contribution >= 0.6 is 24.0 Å². The van der Waals surface area contributed by atoms with Crippen LogP contribution in [0.3, 0.4) is 0 Å². The molecule has 3 aromatic carbocycles. The molecular weight excluding hydrogens is 570 g/mol. The largest absolute Gasteiger partial charge is 0.418 e. The third-order valence-corrected chi connectivity index (χ3v) is 6.81. The minimum absolute atomic E-state index is 0. The molecular formula is C32H34Cl2F3N3O. The number of alkyl halides is 3. The van der Waals surface area contributed by atoms with Crippen molar-refractivity contribution in [2.75, 3.05) is 27.2 Å². The number of hydrogen-bond acceptors (Lipinski definition) is 2. The fourth-order valence-electron chi connectivity index (χ4n) is 4.66. The average molecular weight is 605 g/mol. The van der Waals surface area contributed by atoms with Gasteiger partial charge in [-0.2, -0.15) is 13.2 Å². The second kappa shape index (κ2) is 13.6. The number of hydrogen-bond donors (Lipinski definition) is 1. The van der Waals surface area contributed by atoms with Crippen LogP contribution in [-0.2, 0) is 12.6 Å². The van der Waals surface area contributed by atoms with Crippen LogP contribution in [0.2, 0.25) is 5.02 Å². The molecule has 1 aromatic heterocycles. The van der Waals surface area contributed by atoms with Crippen LogP contribution in [-0.4, -0.2) is 42.6 Å². The first kappa shape index (κ1) is 32.3. The first-order valence-corrected chi connectivity index (χ1v) is 13.5. The van der Waals surface area contributed by atoms with Gasteiger partial charge in [0, 0.05) is 23.7 Å². The Morgan fingerprint density at radius 3 is 1.98 bits per heavy atom. The molecule has 4 aromatic rings. The van der Waals surface area contributed by atoms with Crippen LogP contribution in [0.1, 0.15) is 35.3 Å². The molecule has 0 radical (unpaired) electrons. The summed E-state index contributed by atoms with van der Waals surface area (Å²) in [4.78, 5) is 14.6. The van der Waals surface area contributed by atoms with Crippen molar-refractivity contribution in [2.45, 2.75) is 26.4 Å². The van der Waals surface area contributed by atoms with Crippen molar-refractivity contribution in [3.05, 3.63) is 101 Å². The van der Waals surface area contributed by atoms with Gasteiger partial charge in [-0.15, -0.1) is 12.4 Å². The third-order valence-electron chi connectivity index (χ3n) is 6.56. The summed E-state index contributed by atoms with van der Waals surface area (Å²) in [6.45, 7) is 5.29. The maximum atomic E-state index is 14.4. The molecule has 1 heterocycles. The van der Waals surface area contributed by atoms with Gasteiger partial charge in [-0.3, -0.25) is 4.79 Å². The Balaban J connectivity index is 0.00000462. The summed E-state index contributed by atoms with van der Waals surface area (Å²) in [6.07, 6.45) is -3.91. The van der Waals surface area contributed by atoms with E-state index in [4.69, 9.17) is 11.6 Å². The zero-order valence-corrected chi connectivity index (χ0v) is 25.0. The first-order valence-electron chi connectivity index (χ1n) is 13.2. The number of likely N-dealkylation sites (N-methyl/N-ethyl adjacent to an activating group) is 1. The highest BCUT2D eigenvalue weighted by Gasteiger charge is 2.35. The van der Waals surface area contributed by atoms with Crippen molar-refractivity contribution in [3.63, 3.8) is 0 Å². The molecule has 0 bridgehead atoms. The van der Waals surface area contributed by atoms with Gasteiger partial charge in [0.2, 0.25) is 0 Å². The summed E-state index contributed by atoms with van der Waals surface area (Å²) in [5.41, 5.74) is 3.24. The molecule has 0 atom stereocenters. The first-order chi connectivity index (χ1) is 18.9. The zero-order valence-electron chi connectivity index (χ0n) is 23.4. The van der Waals surface area contributed by atoms with Crippen molar-refractivity contribution in [1.29, 1.82) is 0 Å². The number of carbonyl (C=O) groups is 1. The third kappa shape index (κ3) is 7.94. The summed E-state index contributed by atoms with van der Waals surface area (Å²) in [7, 11) is 3.86. The molecule has 0 saturated heterocycles. The number of nitrogens with zero attached hydrogens (tertiary/aromatic N) is 2. The van der Waals surface area contributed by atoms with Crippen LogP contribution in [0.25, 0.3) is 28.2 Å². The average Bonchev–Trinajstić information content (AvgIpc) is 3.33. The molecule has 0 spiro atoms. The number of amides is 1. The monoisotopic (exact) mass is 603 g/mol. The standard InChI is InChI=1S/C32H33ClF3N3O.ClH/c1-21(2)19-22-5-14-27(32(34,35)36)30(20-22)39-28(15-16-29(39)24-10-12-26(33)13-11-24)23-6-8-25(9-7-23)31(40)37-17-18-38(3)4;/h5-16,20-21H,17-19H2,1-4H3,(H,37,40);1H. The van der Waals surface area contributed by atoms with Crippen molar-refractivity contribution in [3.8, 4) is 28.2 Å². The van der Waals surface area contributed by atoms with E-state index in [9.17, 15) is 18.0 Å². The van der Waals surface area contributed by atoms with Crippen molar-refractivity contribution >= 4 is 29.9 Å². The van der Waals surface area contributed by atoms with Crippen molar-refractivity contribution in [1.82, 2.24) is 14.8 Å². The van der Waals surface area contributed by atoms with Gasteiger partial charge in [0.05, 0.1) is 22.6 Å². The van der Waals surface area contributed by atoms with E-state index < -0.39 is 11.7 Å². The second-order valence-electron chi connectivity index (χ2n) is 10.5. The number of aromatic nitrogens is 1. The van der Waals surface area contributed by atoms with Gasteiger partial charge < -0.3 is 14.8 Å². The summed E-state index contributed by atoms with van der Waals surface area (Å²) in [5.74, 6) is 0.0762.